The number of Topliss-reactive ketones (excluding diaryl/α,β-unsaturated/α-hetero) is 1. The molecule has 1 fully saturated rings. The van der Waals surface area contributed by atoms with Crippen LogP contribution in [-0.4, -0.2) is 35.3 Å². The summed E-state index contributed by atoms with van der Waals surface area (Å²) in [4.78, 5) is 32.4. The maximum absolute atomic E-state index is 13.3. The second kappa shape index (κ2) is 8.79. The fourth-order valence-electron chi connectivity index (χ4n) is 3.47. The summed E-state index contributed by atoms with van der Waals surface area (Å²) in [6.07, 6.45) is 0.498. The first-order valence-electron chi connectivity index (χ1n) is 9.48. The molecule has 29 heavy (non-hydrogen) atoms. The summed E-state index contributed by atoms with van der Waals surface area (Å²) >= 11 is 4.69. The number of aliphatic imine (C=N–C) groups is 1. The van der Waals surface area contributed by atoms with Gasteiger partial charge in [0.1, 0.15) is 6.17 Å². The number of aryl methyl sites for hydroxylation is 1. The molecule has 0 bridgehead atoms. The van der Waals surface area contributed by atoms with Crippen molar-refractivity contribution in [2.45, 2.75) is 19.5 Å². The third-order valence-corrected chi connectivity index (χ3v) is 6.52. The molecule has 0 saturated carbocycles. The summed E-state index contributed by atoms with van der Waals surface area (Å²) in [6.45, 7) is 2.60. The standard InChI is InChI=1S/C21H21BrN4O2S/c1-2-13-5-3-4-6-17(13)26-20(28)16-11-23-25-19(16)24-21(26)29-12-18(27)14-7-9-15(22)10-8-14/h3-10,16,19,23,25H,2,11-12H2,1H3. The lowest BCUT2D eigenvalue weighted by molar-refractivity contribution is -0.121. The lowest BCUT2D eigenvalue weighted by atomic mass is 10.0. The predicted molar refractivity (Wildman–Crippen MR) is 120 cm³/mol. The van der Waals surface area contributed by atoms with E-state index in [0.29, 0.717) is 17.3 Å². The number of para-hydroxylation sites is 1. The van der Waals surface area contributed by atoms with Gasteiger partial charge in [0.15, 0.2) is 11.0 Å². The number of amides is 1. The number of carbonyl (C=O) groups is 2. The number of anilines is 1. The van der Waals surface area contributed by atoms with E-state index in [9.17, 15) is 9.59 Å². The van der Waals surface area contributed by atoms with E-state index in [1.807, 2.05) is 36.4 Å². The number of fused-ring (bicyclic) bond motifs is 1. The zero-order valence-electron chi connectivity index (χ0n) is 15.9. The molecule has 150 valence electrons. The minimum atomic E-state index is -0.308. The van der Waals surface area contributed by atoms with Crippen molar-refractivity contribution in [1.82, 2.24) is 10.9 Å². The molecule has 2 aliphatic rings. The van der Waals surface area contributed by atoms with Gasteiger partial charge in [0.2, 0.25) is 5.91 Å². The van der Waals surface area contributed by atoms with E-state index >= 15 is 0 Å². The smallest absolute Gasteiger partial charge is 0.241 e. The normalized spacial score (nSPS) is 21.1. The number of hydrogen-bond acceptors (Lipinski definition) is 6. The second-order valence-corrected chi connectivity index (χ2v) is 8.72. The van der Waals surface area contributed by atoms with Gasteiger partial charge in [-0.2, -0.15) is 0 Å². The monoisotopic (exact) mass is 472 g/mol. The van der Waals surface area contributed by atoms with Crippen molar-refractivity contribution in [1.29, 1.82) is 0 Å². The lowest BCUT2D eigenvalue weighted by Gasteiger charge is -2.33. The quantitative estimate of drug-likeness (QED) is 0.652. The Hall–Kier alpha value is -2.00. The Bertz CT molecular complexity index is 963. The van der Waals surface area contributed by atoms with Crippen molar-refractivity contribution in [2.24, 2.45) is 10.9 Å². The maximum atomic E-state index is 13.3. The molecule has 2 aromatic rings. The van der Waals surface area contributed by atoms with E-state index in [0.717, 1.165) is 22.1 Å². The van der Waals surface area contributed by atoms with Gasteiger partial charge in [-0.15, -0.1) is 0 Å². The third-order valence-electron chi connectivity index (χ3n) is 5.04. The first-order valence-corrected chi connectivity index (χ1v) is 11.3. The van der Waals surface area contributed by atoms with Crippen LogP contribution >= 0.6 is 27.7 Å². The molecule has 4 rings (SSSR count). The van der Waals surface area contributed by atoms with Gasteiger partial charge in [-0.05, 0) is 30.2 Å². The van der Waals surface area contributed by atoms with Gasteiger partial charge >= 0.3 is 0 Å². The Morgan fingerprint density at radius 2 is 2.00 bits per heavy atom. The Balaban J connectivity index is 1.62. The van der Waals surface area contributed by atoms with Crippen LogP contribution in [0.25, 0.3) is 0 Å². The number of rotatable bonds is 5. The Morgan fingerprint density at radius 3 is 2.76 bits per heavy atom. The van der Waals surface area contributed by atoms with Crippen LogP contribution in [0.4, 0.5) is 5.69 Å². The molecule has 2 unspecified atom stereocenters. The van der Waals surface area contributed by atoms with E-state index in [2.05, 4.69) is 33.7 Å². The minimum Gasteiger partial charge on any atom is -0.293 e. The number of carbonyl (C=O) groups excluding carboxylic acids is 2. The highest BCUT2D eigenvalue weighted by Gasteiger charge is 2.42. The van der Waals surface area contributed by atoms with E-state index in [1.165, 1.54) is 11.8 Å². The number of ketones is 1. The lowest BCUT2D eigenvalue weighted by Crippen LogP contribution is -2.49. The number of amidine groups is 1. The maximum Gasteiger partial charge on any atom is 0.241 e. The van der Waals surface area contributed by atoms with Crippen LogP contribution in [-0.2, 0) is 11.2 Å². The van der Waals surface area contributed by atoms with Gasteiger partial charge in [-0.25, -0.2) is 10.4 Å². The molecule has 1 amide bonds. The second-order valence-electron chi connectivity index (χ2n) is 6.86. The van der Waals surface area contributed by atoms with Crippen molar-refractivity contribution in [3.63, 3.8) is 0 Å². The first kappa shape index (κ1) is 20.3. The SMILES string of the molecule is CCc1ccccc1N1C(=O)C2CNNC2N=C1SCC(=O)c1ccc(Br)cc1. The molecular formula is C21H21BrN4O2S. The fraction of sp³-hybridized carbons (Fsp3) is 0.286. The number of halogens is 1. The van der Waals surface area contributed by atoms with E-state index in [4.69, 9.17) is 4.99 Å². The molecule has 6 nitrogen and oxygen atoms in total. The molecular weight excluding hydrogens is 452 g/mol. The number of hydrogen-bond donors (Lipinski definition) is 2. The molecule has 2 heterocycles. The summed E-state index contributed by atoms with van der Waals surface area (Å²) in [5, 5.41) is 0.554. The van der Waals surface area contributed by atoms with Crippen molar-refractivity contribution >= 4 is 50.2 Å². The van der Waals surface area contributed by atoms with Crippen LogP contribution in [0.5, 0.6) is 0 Å². The van der Waals surface area contributed by atoms with Crippen LogP contribution in [0, 0.1) is 5.92 Å². The van der Waals surface area contributed by atoms with Crippen molar-refractivity contribution in [3.05, 3.63) is 64.1 Å². The van der Waals surface area contributed by atoms with Crippen LogP contribution < -0.4 is 15.8 Å². The first-order chi connectivity index (χ1) is 14.1. The van der Waals surface area contributed by atoms with E-state index < -0.39 is 0 Å². The Morgan fingerprint density at radius 1 is 1.24 bits per heavy atom. The summed E-state index contributed by atoms with van der Waals surface area (Å²) < 4.78 is 0.928. The number of thioether (sulfide) groups is 1. The van der Waals surface area contributed by atoms with Crippen LogP contribution in [0.1, 0.15) is 22.8 Å². The largest absolute Gasteiger partial charge is 0.293 e. The number of nitrogens with one attached hydrogen (secondary N) is 2. The fourth-order valence-corrected chi connectivity index (χ4v) is 4.66. The molecule has 2 N–H and O–H groups in total. The average molecular weight is 473 g/mol. The van der Waals surface area contributed by atoms with Gasteiger partial charge in [0.05, 0.1) is 17.4 Å². The third kappa shape index (κ3) is 4.16. The molecule has 2 aromatic carbocycles. The Kier molecular flexibility index (Phi) is 6.15. The van der Waals surface area contributed by atoms with Gasteiger partial charge < -0.3 is 0 Å². The summed E-state index contributed by atoms with van der Waals surface area (Å²) in [5.41, 5.74) is 8.64. The highest BCUT2D eigenvalue weighted by atomic mass is 79.9. The summed E-state index contributed by atoms with van der Waals surface area (Å²) in [5.74, 6) is -0.0435. The molecule has 0 radical (unpaired) electrons. The van der Waals surface area contributed by atoms with Gasteiger partial charge in [-0.1, -0.05) is 64.9 Å². The molecule has 2 aliphatic heterocycles. The van der Waals surface area contributed by atoms with Gasteiger partial charge in [0.25, 0.3) is 0 Å². The Labute approximate surface area is 182 Å². The zero-order valence-corrected chi connectivity index (χ0v) is 18.3. The highest BCUT2D eigenvalue weighted by Crippen LogP contribution is 2.32. The van der Waals surface area contributed by atoms with Gasteiger partial charge in [0, 0.05) is 16.6 Å². The molecule has 0 aliphatic carbocycles. The summed E-state index contributed by atoms with van der Waals surface area (Å²) in [7, 11) is 0. The van der Waals surface area contributed by atoms with E-state index in [1.54, 1.807) is 17.0 Å². The minimum absolute atomic E-state index is 0.000931. The molecule has 0 spiro atoms. The van der Waals surface area contributed by atoms with E-state index in [-0.39, 0.29) is 29.5 Å². The van der Waals surface area contributed by atoms with Crippen LogP contribution in [0.2, 0.25) is 0 Å². The number of benzene rings is 2. The van der Waals surface area contributed by atoms with Crippen molar-refractivity contribution in [3.8, 4) is 0 Å². The highest BCUT2D eigenvalue weighted by molar-refractivity contribution is 9.10. The molecule has 1 saturated heterocycles. The topological polar surface area (TPSA) is 73.8 Å². The number of hydrazine groups is 1. The molecule has 2 atom stereocenters. The average Bonchev–Trinajstić information content (AvgIpc) is 3.21. The van der Waals surface area contributed by atoms with Crippen LogP contribution in [0.15, 0.2) is 58.0 Å². The molecule has 8 heteroatoms. The van der Waals surface area contributed by atoms with Crippen molar-refractivity contribution < 1.29 is 9.59 Å². The van der Waals surface area contributed by atoms with Crippen LogP contribution in [0.3, 0.4) is 0 Å². The predicted octanol–water partition coefficient (Wildman–Crippen LogP) is 3.38. The zero-order chi connectivity index (χ0) is 20.4. The van der Waals surface area contributed by atoms with Gasteiger partial charge in [-0.3, -0.25) is 19.9 Å². The van der Waals surface area contributed by atoms with Crippen molar-refractivity contribution in [2.75, 3.05) is 17.2 Å². The summed E-state index contributed by atoms with van der Waals surface area (Å²) in [6, 6.07) is 15.2. The molecule has 0 aromatic heterocycles. The number of nitrogens with zero attached hydrogens (tertiary/aromatic N) is 2.